The third kappa shape index (κ3) is 7.11. The van der Waals surface area contributed by atoms with E-state index in [1.54, 1.807) is 6.07 Å². The minimum absolute atomic E-state index is 0.143. The summed E-state index contributed by atoms with van der Waals surface area (Å²) in [5.41, 5.74) is 2.15. The van der Waals surface area contributed by atoms with Crippen LogP contribution in [0.3, 0.4) is 0 Å². The summed E-state index contributed by atoms with van der Waals surface area (Å²) in [5, 5.41) is 3.19. The standard InChI is InChI=1S/C47H40FN3O4/c48-42-40(33-53-46(34-19-7-1-8-20-34,35-21-9-2-10-22-35)36-23-11-3-12-24-36)54-44(50-41-31-32-49-45(52)51-41)43(42)55-47(37-25-13-4-14-26-37,38-27-15-5-16-28-38)39-29-17-6-18-30-39/h1-32,40,42-44H,33H2,(H2,49,50,51,52)/t40-,42+,43-,44-/m1/s1. The molecule has 1 aliphatic rings. The Morgan fingerprint density at radius 3 is 1.35 bits per heavy atom. The van der Waals surface area contributed by atoms with Crippen LogP contribution in [0.25, 0.3) is 0 Å². The first kappa shape index (κ1) is 35.8. The van der Waals surface area contributed by atoms with E-state index in [1.165, 1.54) is 6.20 Å². The molecule has 8 heteroatoms. The number of anilines is 1. The summed E-state index contributed by atoms with van der Waals surface area (Å²) < 4.78 is 38.6. The van der Waals surface area contributed by atoms with Gasteiger partial charge in [0, 0.05) is 6.20 Å². The maximum atomic E-state index is 17.7. The van der Waals surface area contributed by atoms with Crippen molar-refractivity contribution in [2.75, 3.05) is 11.9 Å². The van der Waals surface area contributed by atoms with Crippen molar-refractivity contribution in [3.63, 3.8) is 0 Å². The topological polar surface area (TPSA) is 85.5 Å². The molecule has 0 bridgehead atoms. The van der Waals surface area contributed by atoms with Gasteiger partial charge in [-0.2, -0.15) is 4.98 Å². The number of hydrogen-bond donors (Lipinski definition) is 2. The molecular weight excluding hydrogens is 690 g/mol. The lowest BCUT2D eigenvalue weighted by Gasteiger charge is -2.39. The molecule has 0 aliphatic carbocycles. The molecule has 2 heterocycles. The van der Waals surface area contributed by atoms with Gasteiger partial charge in [0.25, 0.3) is 0 Å². The number of benzene rings is 6. The van der Waals surface area contributed by atoms with Gasteiger partial charge in [0.2, 0.25) is 0 Å². The van der Waals surface area contributed by atoms with Gasteiger partial charge in [-0.05, 0) is 39.4 Å². The van der Waals surface area contributed by atoms with E-state index < -0.39 is 41.5 Å². The molecule has 6 aromatic carbocycles. The Bertz CT molecular complexity index is 2120. The smallest absolute Gasteiger partial charge is 0.346 e. The molecule has 274 valence electrons. The third-order valence-corrected chi connectivity index (χ3v) is 10.1. The van der Waals surface area contributed by atoms with Gasteiger partial charge in [0.1, 0.15) is 29.2 Å². The maximum Gasteiger partial charge on any atom is 0.346 e. The first-order valence-electron chi connectivity index (χ1n) is 18.3. The Labute approximate surface area is 319 Å². The lowest BCUT2D eigenvalue weighted by atomic mass is 9.79. The van der Waals surface area contributed by atoms with E-state index in [1.807, 2.05) is 182 Å². The van der Waals surface area contributed by atoms with E-state index in [9.17, 15) is 4.79 Å². The molecule has 7 aromatic rings. The summed E-state index contributed by atoms with van der Waals surface area (Å²) in [6, 6.07) is 60.8. The van der Waals surface area contributed by atoms with E-state index in [2.05, 4.69) is 15.3 Å². The number of nitrogens with one attached hydrogen (secondary N) is 2. The Hall–Kier alpha value is -6.19. The average molecular weight is 730 g/mol. The summed E-state index contributed by atoms with van der Waals surface area (Å²) in [5.74, 6) is 0.216. The van der Waals surface area contributed by atoms with Gasteiger partial charge >= 0.3 is 5.69 Å². The van der Waals surface area contributed by atoms with Crippen molar-refractivity contribution in [2.24, 2.45) is 0 Å². The Balaban J connectivity index is 1.23. The van der Waals surface area contributed by atoms with Gasteiger partial charge in [-0.15, -0.1) is 0 Å². The first-order chi connectivity index (χ1) is 27.1. The summed E-state index contributed by atoms with van der Waals surface area (Å²) in [6.45, 7) is -0.143. The van der Waals surface area contributed by atoms with E-state index in [-0.39, 0.29) is 12.4 Å². The zero-order valence-corrected chi connectivity index (χ0v) is 29.9. The van der Waals surface area contributed by atoms with Crippen LogP contribution in [-0.4, -0.2) is 41.2 Å². The molecule has 0 radical (unpaired) electrons. The molecule has 1 aliphatic heterocycles. The number of nitrogens with zero attached hydrogens (tertiary/aromatic N) is 1. The zero-order valence-electron chi connectivity index (χ0n) is 29.9. The predicted molar refractivity (Wildman–Crippen MR) is 211 cm³/mol. The van der Waals surface area contributed by atoms with Crippen molar-refractivity contribution in [3.8, 4) is 0 Å². The number of aromatic nitrogens is 2. The van der Waals surface area contributed by atoms with Crippen LogP contribution < -0.4 is 11.0 Å². The Morgan fingerprint density at radius 2 is 0.964 bits per heavy atom. The zero-order chi connectivity index (χ0) is 37.5. The molecule has 0 amide bonds. The third-order valence-electron chi connectivity index (χ3n) is 10.1. The highest BCUT2D eigenvalue weighted by atomic mass is 19.1. The first-order valence-corrected chi connectivity index (χ1v) is 18.3. The van der Waals surface area contributed by atoms with E-state index in [0.29, 0.717) is 0 Å². The molecule has 7 nitrogen and oxygen atoms in total. The molecule has 2 N–H and O–H groups in total. The number of halogens is 1. The van der Waals surface area contributed by atoms with Crippen molar-refractivity contribution in [1.82, 2.24) is 9.97 Å². The van der Waals surface area contributed by atoms with Gasteiger partial charge in [0.05, 0.1) is 6.61 Å². The van der Waals surface area contributed by atoms with Gasteiger partial charge < -0.3 is 24.5 Å². The van der Waals surface area contributed by atoms with Crippen LogP contribution in [0.5, 0.6) is 0 Å². The van der Waals surface area contributed by atoms with Crippen molar-refractivity contribution in [1.29, 1.82) is 0 Å². The molecule has 8 rings (SSSR count). The highest BCUT2D eigenvalue weighted by Crippen LogP contribution is 2.46. The van der Waals surface area contributed by atoms with Crippen molar-refractivity contribution in [2.45, 2.75) is 35.8 Å². The number of rotatable bonds is 13. The number of H-pyrrole nitrogens is 1. The second-order valence-electron chi connectivity index (χ2n) is 13.4. The van der Waals surface area contributed by atoms with Crippen LogP contribution in [0.1, 0.15) is 33.4 Å². The van der Waals surface area contributed by atoms with E-state index in [4.69, 9.17) is 14.2 Å². The van der Waals surface area contributed by atoms with E-state index in [0.717, 1.165) is 33.4 Å². The predicted octanol–water partition coefficient (Wildman–Crippen LogP) is 8.63. The second-order valence-corrected chi connectivity index (χ2v) is 13.4. The average Bonchev–Trinajstić information content (AvgIpc) is 3.54. The molecular formula is C47H40FN3O4. The molecule has 55 heavy (non-hydrogen) atoms. The summed E-state index contributed by atoms with van der Waals surface area (Å²) >= 11 is 0. The molecule has 1 aromatic heterocycles. The monoisotopic (exact) mass is 729 g/mol. The lowest BCUT2D eigenvalue weighted by molar-refractivity contribution is -0.0869. The van der Waals surface area contributed by atoms with Crippen molar-refractivity contribution < 1.29 is 18.6 Å². The summed E-state index contributed by atoms with van der Waals surface area (Å²) in [6.07, 6.45) is -3.61. The fraction of sp³-hybridized carbons (Fsp3) is 0.149. The van der Waals surface area contributed by atoms with Crippen LogP contribution in [0.4, 0.5) is 10.2 Å². The van der Waals surface area contributed by atoms with Crippen LogP contribution in [0, 0.1) is 0 Å². The molecule has 1 fully saturated rings. The minimum atomic E-state index is -1.70. The number of alkyl halides is 1. The van der Waals surface area contributed by atoms with Crippen molar-refractivity contribution >= 4 is 5.82 Å². The fourth-order valence-electron chi connectivity index (χ4n) is 7.59. The normalized spacial score (nSPS) is 18.5. The molecule has 4 atom stereocenters. The number of hydrogen-bond acceptors (Lipinski definition) is 6. The van der Waals surface area contributed by atoms with Gasteiger partial charge in [-0.25, -0.2) is 9.18 Å². The summed E-state index contributed by atoms with van der Waals surface area (Å²) in [4.78, 5) is 18.9. The van der Waals surface area contributed by atoms with Gasteiger partial charge in [0.15, 0.2) is 12.4 Å². The van der Waals surface area contributed by atoms with Crippen LogP contribution in [0.15, 0.2) is 199 Å². The lowest BCUT2D eigenvalue weighted by Crippen LogP contribution is -2.46. The quantitative estimate of drug-likeness (QED) is 0.116. The van der Waals surface area contributed by atoms with Crippen molar-refractivity contribution in [3.05, 3.63) is 238 Å². The number of aromatic amines is 1. The molecule has 0 saturated carbocycles. The van der Waals surface area contributed by atoms with Gasteiger partial charge in [-0.3, -0.25) is 0 Å². The van der Waals surface area contributed by atoms with E-state index >= 15 is 4.39 Å². The summed E-state index contributed by atoms with van der Waals surface area (Å²) in [7, 11) is 0. The SMILES string of the molecule is O=c1nc(N[C@@H]2O[C@H](COC(c3ccccc3)(c3ccccc3)c3ccccc3)[C@H](F)[C@H]2OC(c2ccccc2)(c2ccccc2)c2ccccc2)cc[nH]1. The molecule has 0 unspecified atom stereocenters. The maximum absolute atomic E-state index is 17.7. The van der Waals surface area contributed by atoms with Gasteiger partial charge in [-0.1, -0.05) is 182 Å². The fourth-order valence-corrected chi connectivity index (χ4v) is 7.59. The highest BCUT2D eigenvalue weighted by molar-refractivity contribution is 5.49. The number of ether oxygens (including phenoxy) is 3. The minimum Gasteiger partial charge on any atom is -0.358 e. The molecule has 1 saturated heterocycles. The van der Waals surface area contributed by atoms with Crippen LogP contribution in [0.2, 0.25) is 0 Å². The highest BCUT2D eigenvalue weighted by Gasteiger charge is 2.52. The molecule has 0 spiro atoms. The Kier molecular flexibility index (Phi) is 10.4. The Morgan fingerprint density at radius 1 is 0.582 bits per heavy atom. The van der Waals surface area contributed by atoms with Crippen LogP contribution >= 0.6 is 0 Å². The van der Waals surface area contributed by atoms with Crippen LogP contribution in [-0.2, 0) is 25.4 Å². The largest absolute Gasteiger partial charge is 0.358 e. The second kappa shape index (κ2) is 16.0.